The van der Waals surface area contributed by atoms with Crippen molar-refractivity contribution in [2.75, 3.05) is 6.54 Å². The van der Waals surface area contributed by atoms with Crippen LogP contribution in [0.3, 0.4) is 0 Å². The summed E-state index contributed by atoms with van der Waals surface area (Å²) in [4.78, 5) is 10.3. The maximum atomic E-state index is 10.3. The molecule has 0 aliphatic carbocycles. The molecule has 0 amide bonds. The third-order valence-electron chi connectivity index (χ3n) is 2.58. The van der Waals surface area contributed by atoms with Crippen molar-refractivity contribution < 1.29 is 14.3 Å². The van der Waals surface area contributed by atoms with Crippen LogP contribution in [-0.4, -0.2) is 27.8 Å². The second-order valence-electron chi connectivity index (χ2n) is 4.18. The van der Waals surface area contributed by atoms with Crippen LogP contribution in [0.15, 0.2) is 33.2 Å². The van der Waals surface area contributed by atoms with Gasteiger partial charge in [0.1, 0.15) is 0 Å². The maximum Gasteiger partial charge on any atom is 0.303 e. The molecule has 20 heavy (non-hydrogen) atoms. The van der Waals surface area contributed by atoms with Gasteiger partial charge in [0, 0.05) is 16.5 Å². The lowest BCUT2D eigenvalue weighted by Crippen LogP contribution is -2.15. The smallest absolute Gasteiger partial charge is 0.303 e. The Morgan fingerprint density at radius 3 is 2.75 bits per heavy atom. The highest BCUT2D eigenvalue weighted by Crippen LogP contribution is 2.20. The second-order valence-corrected chi connectivity index (χ2v) is 5.10. The minimum Gasteiger partial charge on any atom is -0.481 e. The molecule has 2 aromatic rings. The number of nitrogens with zero attached hydrogens (tertiary/aromatic N) is 2. The molecule has 0 spiro atoms. The summed E-state index contributed by atoms with van der Waals surface area (Å²) in [7, 11) is 0. The summed E-state index contributed by atoms with van der Waals surface area (Å²) >= 11 is 3.36. The zero-order valence-electron chi connectivity index (χ0n) is 10.7. The van der Waals surface area contributed by atoms with Gasteiger partial charge < -0.3 is 14.8 Å². The Morgan fingerprint density at radius 2 is 2.05 bits per heavy atom. The van der Waals surface area contributed by atoms with Gasteiger partial charge in [0.15, 0.2) is 0 Å². The molecule has 2 rings (SSSR count). The topological polar surface area (TPSA) is 88.2 Å². The number of hydrogen-bond donors (Lipinski definition) is 2. The number of benzene rings is 1. The number of hydrogen-bond acceptors (Lipinski definition) is 5. The van der Waals surface area contributed by atoms with Gasteiger partial charge >= 0.3 is 5.97 Å². The number of carboxylic acids is 1. The van der Waals surface area contributed by atoms with Gasteiger partial charge in [-0.05, 0) is 37.2 Å². The molecule has 0 unspecified atom stereocenters. The summed E-state index contributed by atoms with van der Waals surface area (Å²) in [5.41, 5.74) is 0.859. The van der Waals surface area contributed by atoms with E-state index >= 15 is 0 Å². The maximum absolute atomic E-state index is 10.3. The first kappa shape index (κ1) is 14.7. The van der Waals surface area contributed by atoms with Gasteiger partial charge in [0.2, 0.25) is 11.8 Å². The molecular formula is C13H14BrN3O3. The van der Waals surface area contributed by atoms with E-state index in [0.29, 0.717) is 31.3 Å². The number of carbonyl (C=O) groups is 1. The van der Waals surface area contributed by atoms with Gasteiger partial charge in [-0.1, -0.05) is 15.9 Å². The Balaban J connectivity index is 1.83. The van der Waals surface area contributed by atoms with Gasteiger partial charge in [0.05, 0.1) is 6.54 Å². The van der Waals surface area contributed by atoms with Gasteiger partial charge in [-0.2, -0.15) is 0 Å². The van der Waals surface area contributed by atoms with Crippen molar-refractivity contribution in [3.05, 3.63) is 34.6 Å². The fraction of sp³-hybridized carbons (Fsp3) is 0.308. The van der Waals surface area contributed by atoms with E-state index < -0.39 is 5.97 Å². The number of aliphatic carboxylic acids is 1. The summed E-state index contributed by atoms with van der Waals surface area (Å²) < 4.78 is 6.51. The van der Waals surface area contributed by atoms with E-state index in [9.17, 15) is 4.79 Å². The third-order valence-corrected chi connectivity index (χ3v) is 3.11. The first-order chi connectivity index (χ1) is 9.65. The van der Waals surface area contributed by atoms with Gasteiger partial charge in [-0.3, -0.25) is 4.79 Å². The monoisotopic (exact) mass is 339 g/mol. The minimum absolute atomic E-state index is 0.154. The lowest BCUT2D eigenvalue weighted by molar-refractivity contribution is -0.137. The van der Waals surface area contributed by atoms with Crippen molar-refractivity contribution in [2.24, 2.45) is 0 Å². The molecule has 0 atom stereocenters. The van der Waals surface area contributed by atoms with E-state index in [-0.39, 0.29) is 6.42 Å². The number of rotatable bonds is 7. The molecule has 7 heteroatoms. The van der Waals surface area contributed by atoms with Crippen molar-refractivity contribution in [1.82, 2.24) is 15.5 Å². The van der Waals surface area contributed by atoms with Crippen LogP contribution in [0.5, 0.6) is 0 Å². The summed E-state index contributed by atoms with van der Waals surface area (Å²) in [6, 6.07) is 7.59. The van der Waals surface area contributed by atoms with E-state index in [0.717, 1.165) is 10.0 Å². The lowest BCUT2D eigenvalue weighted by atomic mass is 10.2. The highest BCUT2D eigenvalue weighted by molar-refractivity contribution is 9.10. The predicted octanol–water partition coefficient (Wildman–Crippen LogP) is 2.45. The number of aromatic nitrogens is 2. The van der Waals surface area contributed by atoms with Crippen molar-refractivity contribution in [2.45, 2.75) is 19.4 Å². The standard InChI is InChI=1S/C13H14BrN3O3/c14-10-5-3-9(4-6-10)13-17-16-11(20-13)8-15-7-1-2-12(18)19/h3-6,15H,1-2,7-8H2,(H,18,19). The van der Waals surface area contributed by atoms with Crippen LogP contribution in [0, 0.1) is 0 Å². The van der Waals surface area contributed by atoms with E-state index in [2.05, 4.69) is 31.4 Å². The third kappa shape index (κ3) is 4.43. The minimum atomic E-state index is -0.790. The van der Waals surface area contributed by atoms with E-state index in [1.54, 1.807) is 0 Å². The van der Waals surface area contributed by atoms with Gasteiger partial charge in [-0.25, -0.2) is 0 Å². The Bertz CT molecular complexity index is 568. The van der Waals surface area contributed by atoms with Crippen molar-refractivity contribution in [1.29, 1.82) is 0 Å². The summed E-state index contributed by atoms with van der Waals surface area (Å²) in [5, 5.41) is 19.5. The Kier molecular flexibility index (Phi) is 5.25. The molecule has 2 N–H and O–H groups in total. The predicted molar refractivity (Wildman–Crippen MR) is 76.0 cm³/mol. The zero-order chi connectivity index (χ0) is 14.4. The summed E-state index contributed by atoms with van der Waals surface area (Å²) in [5.74, 6) is 0.167. The molecule has 0 aliphatic rings. The zero-order valence-corrected chi connectivity index (χ0v) is 12.3. The van der Waals surface area contributed by atoms with Crippen LogP contribution in [0.1, 0.15) is 18.7 Å². The Labute approximate surface area is 124 Å². The molecule has 0 radical (unpaired) electrons. The van der Waals surface area contributed by atoms with Crippen LogP contribution in [0.4, 0.5) is 0 Å². The molecule has 1 aromatic carbocycles. The average Bonchev–Trinajstić information content (AvgIpc) is 2.87. The quantitative estimate of drug-likeness (QED) is 0.753. The van der Waals surface area contributed by atoms with E-state index in [4.69, 9.17) is 9.52 Å². The summed E-state index contributed by atoms with van der Waals surface area (Å²) in [6.45, 7) is 1.03. The van der Waals surface area contributed by atoms with Crippen LogP contribution >= 0.6 is 15.9 Å². The SMILES string of the molecule is O=C(O)CCCNCc1nnc(-c2ccc(Br)cc2)o1. The molecule has 0 saturated carbocycles. The molecule has 0 fully saturated rings. The fourth-order valence-electron chi connectivity index (χ4n) is 1.59. The van der Waals surface area contributed by atoms with Crippen LogP contribution in [-0.2, 0) is 11.3 Å². The van der Waals surface area contributed by atoms with Gasteiger partial charge in [-0.15, -0.1) is 10.2 Å². The second kappa shape index (κ2) is 7.16. The molecule has 0 saturated heterocycles. The van der Waals surface area contributed by atoms with Gasteiger partial charge in [0.25, 0.3) is 0 Å². The number of halogens is 1. The fourth-order valence-corrected chi connectivity index (χ4v) is 1.86. The summed E-state index contributed by atoms with van der Waals surface area (Å²) in [6.07, 6.45) is 0.726. The van der Waals surface area contributed by atoms with Crippen molar-refractivity contribution >= 4 is 21.9 Å². The van der Waals surface area contributed by atoms with Crippen LogP contribution in [0.2, 0.25) is 0 Å². The highest BCUT2D eigenvalue weighted by Gasteiger charge is 2.08. The molecule has 0 bridgehead atoms. The Hall–Kier alpha value is -1.73. The lowest BCUT2D eigenvalue weighted by Gasteiger charge is -1.99. The van der Waals surface area contributed by atoms with E-state index in [1.165, 1.54) is 0 Å². The first-order valence-electron chi connectivity index (χ1n) is 6.16. The number of nitrogens with one attached hydrogen (secondary N) is 1. The van der Waals surface area contributed by atoms with Crippen molar-refractivity contribution in [3.8, 4) is 11.5 Å². The molecule has 6 nitrogen and oxygen atoms in total. The average molecular weight is 340 g/mol. The Morgan fingerprint density at radius 1 is 1.30 bits per heavy atom. The van der Waals surface area contributed by atoms with E-state index in [1.807, 2.05) is 24.3 Å². The highest BCUT2D eigenvalue weighted by atomic mass is 79.9. The number of carboxylic acid groups (broad SMARTS) is 1. The molecule has 1 heterocycles. The molecular weight excluding hydrogens is 326 g/mol. The molecule has 106 valence electrons. The normalized spacial score (nSPS) is 10.7. The van der Waals surface area contributed by atoms with Crippen LogP contribution in [0.25, 0.3) is 11.5 Å². The molecule has 0 aliphatic heterocycles. The first-order valence-corrected chi connectivity index (χ1v) is 6.95. The van der Waals surface area contributed by atoms with Crippen LogP contribution < -0.4 is 5.32 Å². The molecule has 1 aromatic heterocycles. The van der Waals surface area contributed by atoms with Crippen molar-refractivity contribution in [3.63, 3.8) is 0 Å². The largest absolute Gasteiger partial charge is 0.481 e.